The quantitative estimate of drug-likeness (QED) is 0.761. The normalized spacial score (nSPS) is 17.1. The lowest BCUT2D eigenvalue weighted by Crippen LogP contribution is -2.25. The highest BCUT2D eigenvalue weighted by molar-refractivity contribution is 7.89. The van der Waals surface area contributed by atoms with Gasteiger partial charge >= 0.3 is 10.1 Å². The van der Waals surface area contributed by atoms with Crippen LogP contribution in [-0.2, 0) is 33.0 Å². The monoisotopic (exact) mass is 393 g/mol. The van der Waals surface area contributed by atoms with E-state index in [0.29, 0.717) is 0 Å². The van der Waals surface area contributed by atoms with E-state index in [0.717, 1.165) is 37.7 Å². The Morgan fingerprint density at radius 3 is 2.19 bits per heavy atom. The minimum Gasteiger partial charge on any atom is -0.379 e. The molecule has 0 aliphatic heterocycles. The first-order chi connectivity index (χ1) is 12.3. The number of rotatable bonds is 6. The number of fused-ring (bicyclic) bond motifs is 1. The Hall–Kier alpha value is -1.90. The Kier molecular flexibility index (Phi) is 4.29. The Bertz CT molecular complexity index is 1040. The molecule has 2 aromatic rings. The summed E-state index contributed by atoms with van der Waals surface area (Å²) in [6, 6.07) is 10.4. The average molecular weight is 393 g/mol. The summed E-state index contributed by atoms with van der Waals surface area (Å²) in [6.45, 7) is 0. The second-order valence-corrected chi connectivity index (χ2v) is 9.95. The fourth-order valence-electron chi connectivity index (χ4n) is 3.05. The van der Waals surface area contributed by atoms with Gasteiger partial charge in [0.2, 0.25) is 10.0 Å². The van der Waals surface area contributed by atoms with E-state index in [1.54, 1.807) is 12.1 Å². The summed E-state index contributed by atoms with van der Waals surface area (Å²) in [5.41, 5.74) is 2.35. The molecule has 0 amide bonds. The Morgan fingerprint density at radius 1 is 0.846 bits per heavy atom. The predicted molar refractivity (Wildman–Crippen MR) is 96.1 cm³/mol. The third-order valence-electron chi connectivity index (χ3n) is 4.60. The smallest absolute Gasteiger partial charge is 0.339 e. The van der Waals surface area contributed by atoms with Crippen LogP contribution in [0.4, 0.5) is 0 Å². The molecule has 0 atom stereocenters. The first-order valence-corrected chi connectivity index (χ1v) is 11.4. The van der Waals surface area contributed by atoms with Gasteiger partial charge in [-0.2, -0.15) is 8.42 Å². The lowest BCUT2D eigenvalue weighted by Gasteiger charge is -2.10. The van der Waals surface area contributed by atoms with Gasteiger partial charge in [-0.1, -0.05) is 6.07 Å². The van der Waals surface area contributed by atoms with Gasteiger partial charge in [0.15, 0.2) is 0 Å². The van der Waals surface area contributed by atoms with Gasteiger partial charge in [-0.15, -0.1) is 0 Å². The standard InChI is InChI=1S/C18H19NO5S2/c20-25(21,19-15-5-6-15)17-8-10-18(11-9-17)26(22,23)24-16-7-4-13-2-1-3-14(13)12-16/h4,7-12,15,19H,1-3,5-6H2. The van der Waals surface area contributed by atoms with Gasteiger partial charge < -0.3 is 4.18 Å². The highest BCUT2D eigenvalue weighted by Gasteiger charge is 2.28. The summed E-state index contributed by atoms with van der Waals surface area (Å²) >= 11 is 0. The molecule has 4 rings (SSSR count). The predicted octanol–water partition coefficient (Wildman–Crippen LogP) is 2.38. The fraction of sp³-hybridized carbons (Fsp3) is 0.333. The number of benzene rings is 2. The topological polar surface area (TPSA) is 89.5 Å². The van der Waals surface area contributed by atoms with Crippen LogP contribution in [0.2, 0.25) is 0 Å². The first kappa shape index (κ1) is 17.5. The Balaban J connectivity index is 1.54. The molecule has 0 spiro atoms. The van der Waals surface area contributed by atoms with E-state index in [9.17, 15) is 16.8 Å². The summed E-state index contributed by atoms with van der Waals surface area (Å²) in [6.07, 6.45) is 4.66. The Labute approximate surface area is 153 Å². The number of nitrogens with one attached hydrogen (secondary N) is 1. The van der Waals surface area contributed by atoms with Gasteiger partial charge in [-0.3, -0.25) is 0 Å². The molecular formula is C18H19NO5S2. The van der Waals surface area contributed by atoms with Crippen molar-refractivity contribution >= 4 is 20.1 Å². The molecule has 26 heavy (non-hydrogen) atoms. The largest absolute Gasteiger partial charge is 0.379 e. The molecule has 0 saturated heterocycles. The second-order valence-electron chi connectivity index (χ2n) is 6.69. The van der Waals surface area contributed by atoms with Gasteiger partial charge in [-0.05, 0) is 79.6 Å². The van der Waals surface area contributed by atoms with Gasteiger partial charge in [0.05, 0.1) is 4.90 Å². The maximum Gasteiger partial charge on any atom is 0.339 e. The summed E-state index contributed by atoms with van der Waals surface area (Å²) in [7, 11) is -7.63. The molecule has 2 aliphatic carbocycles. The van der Waals surface area contributed by atoms with Crippen LogP contribution < -0.4 is 8.91 Å². The van der Waals surface area contributed by atoms with Gasteiger partial charge in [0.25, 0.3) is 0 Å². The minimum atomic E-state index is -4.02. The van der Waals surface area contributed by atoms with E-state index >= 15 is 0 Å². The molecule has 138 valence electrons. The molecule has 1 N–H and O–H groups in total. The number of hydrogen-bond donors (Lipinski definition) is 1. The SMILES string of the molecule is O=S(=O)(NC1CC1)c1ccc(S(=O)(=O)Oc2ccc3c(c2)CCC3)cc1. The average Bonchev–Trinajstić information content (AvgIpc) is 3.27. The van der Waals surface area contributed by atoms with E-state index < -0.39 is 20.1 Å². The van der Waals surface area contributed by atoms with Crippen LogP contribution in [0.3, 0.4) is 0 Å². The molecule has 1 fully saturated rings. The number of sulfonamides is 1. The zero-order valence-corrected chi connectivity index (χ0v) is 15.6. The molecule has 2 aromatic carbocycles. The van der Waals surface area contributed by atoms with Crippen molar-refractivity contribution in [2.45, 2.75) is 47.9 Å². The van der Waals surface area contributed by atoms with Crippen molar-refractivity contribution in [1.82, 2.24) is 4.72 Å². The van der Waals surface area contributed by atoms with Crippen molar-refractivity contribution in [3.63, 3.8) is 0 Å². The molecule has 8 heteroatoms. The highest BCUT2D eigenvalue weighted by Crippen LogP contribution is 2.28. The van der Waals surface area contributed by atoms with Crippen LogP contribution in [0.1, 0.15) is 30.4 Å². The molecular weight excluding hydrogens is 374 g/mol. The van der Waals surface area contributed by atoms with Gasteiger partial charge in [0, 0.05) is 6.04 Å². The zero-order valence-electron chi connectivity index (χ0n) is 14.0. The Morgan fingerprint density at radius 2 is 1.50 bits per heavy atom. The molecule has 1 saturated carbocycles. The lowest BCUT2D eigenvalue weighted by atomic mass is 10.1. The van der Waals surface area contributed by atoms with Crippen LogP contribution >= 0.6 is 0 Å². The van der Waals surface area contributed by atoms with Crippen molar-refractivity contribution in [2.75, 3.05) is 0 Å². The molecule has 0 radical (unpaired) electrons. The van der Waals surface area contributed by atoms with Gasteiger partial charge in [0.1, 0.15) is 10.6 Å². The first-order valence-electron chi connectivity index (χ1n) is 8.52. The summed E-state index contributed by atoms with van der Waals surface area (Å²) in [4.78, 5) is -0.0377. The third-order valence-corrected chi connectivity index (χ3v) is 7.40. The van der Waals surface area contributed by atoms with E-state index in [2.05, 4.69) is 4.72 Å². The van der Waals surface area contributed by atoms with Crippen molar-refractivity contribution in [1.29, 1.82) is 0 Å². The van der Waals surface area contributed by atoms with Crippen LogP contribution in [0, 0.1) is 0 Å². The summed E-state index contributed by atoms with van der Waals surface area (Å²) < 4.78 is 57.0. The molecule has 0 unspecified atom stereocenters. The van der Waals surface area contributed by atoms with Crippen molar-refractivity contribution in [3.8, 4) is 5.75 Å². The van der Waals surface area contributed by atoms with Crippen LogP contribution in [0.25, 0.3) is 0 Å². The van der Waals surface area contributed by atoms with Crippen molar-refractivity contribution in [2.24, 2.45) is 0 Å². The molecule has 6 nitrogen and oxygen atoms in total. The van der Waals surface area contributed by atoms with E-state index in [1.807, 2.05) is 6.07 Å². The maximum absolute atomic E-state index is 12.5. The second kappa shape index (κ2) is 6.37. The molecule has 0 aromatic heterocycles. The van der Waals surface area contributed by atoms with E-state index in [4.69, 9.17) is 4.18 Å². The van der Waals surface area contributed by atoms with Crippen LogP contribution in [0.5, 0.6) is 5.75 Å². The summed E-state index contributed by atoms with van der Waals surface area (Å²) in [5, 5.41) is 0. The van der Waals surface area contributed by atoms with Crippen LogP contribution in [-0.4, -0.2) is 22.9 Å². The number of hydrogen-bond acceptors (Lipinski definition) is 5. The maximum atomic E-state index is 12.5. The molecule has 0 heterocycles. The number of aryl methyl sites for hydroxylation is 2. The van der Waals surface area contributed by atoms with Crippen molar-refractivity contribution < 1.29 is 21.0 Å². The summed E-state index contributed by atoms with van der Waals surface area (Å²) in [5.74, 6) is 0.276. The van der Waals surface area contributed by atoms with Crippen molar-refractivity contribution in [3.05, 3.63) is 53.6 Å². The molecule has 0 bridgehead atoms. The fourth-order valence-corrected chi connectivity index (χ4v) is 5.28. The zero-order chi connectivity index (χ0) is 18.4. The van der Waals surface area contributed by atoms with Crippen LogP contribution in [0.15, 0.2) is 52.3 Å². The minimum absolute atomic E-state index is 0.00782. The highest BCUT2D eigenvalue weighted by atomic mass is 32.2. The van der Waals surface area contributed by atoms with Gasteiger partial charge in [-0.25, -0.2) is 13.1 Å². The van der Waals surface area contributed by atoms with E-state index in [-0.39, 0.29) is 21.6 Å². The van der Waals surface area contributed by atoms with E-state index in [1.165, 1.54) is 29.8 Å². The lowest BCUT2D eigenvalue weighted by molar-refractivity contribution is 0.485. The molecule has 2 aliphatic rings. The third kappa shape index (κ3) is 3.62.